The van der Waals surface area contributed by atoms with Gasteiger partial charge in [0.1, 0.15) is 11.9 Å². The van der Waals surface area contributed by atoms with E-state index < -0.39 is 0 Å². The van der Waals surface area contributed by atoms with Gasteiger partial charge in [0, 0.05) is 12.6 Å². The second kappa shape index (κ2) is 3.08. The lowest BCUT2D eigenvalue weighted by atomic mass is 10.2. The van der Waals surface area contributed by atoms with Gasteiger partial charge < -0.3 is 10.1 Å². The number of hydrogen-bond donors (Lipinski definition) is 1. The highest BCUT2D eigenvalue weighted by atomic mass is 16.5. The Hall–Kier alpha value is -1.52. The molecule has 0 saturated carbocycles. The zero-order chi connectivity index (χ0) is 9.26. The number of hydrogen-bond acceptors (Lipinski definition) is 4. The maximum atomic E-state index is 11.2. The summed E-state index contributed by atoms with van der Waals surface area (Å²) in [5.41, 5.74) is 0. The Labute approximate surface area is 75.7 Å². The molecule has 13 heavy (non-hydrogen) atoms. The molecule has 5 heteroatoms. The summed E-state index contributed by atoms with van der Waals surface area (Å²) < 4.78 is 6.48. The normalized spacial score (nSPS) is 20.2. The van der Waals surface area contributed by atoms with Crippen molar-refractivity contribution < 1.29 is 9.53 Å². The number of rotatable bonds is 1. The number of carbonyl (C=O) groups is 1. The summed E-state index contributed by atoms with van der Waals surface area (Å²) in [6.07, 6.45) is 2.43. The quantitative estimate of drug-likeness (QED) is 0.630. The number of nitrogens with one attached hydrogen (secondary N) is 1. The number of carbonyl (C=O) groups excluding carboxylic acids is 1. The molecule has 2 heterocycles. The fraction of sp³-hybridized carbons (Fsp3) is 0.500. The maximum absolute atomic E-state index is 11.2. The van der Waals surface area contributed by atoms with Crippen molar-refractivity contribution in [2.75, 3.05) is 12.4 Å². The number of aryl methyl sites for hydroxylation is 1. The van der Waals surface area contributed by atoms with Crippen molar-refractivity contribution in [2.24, 2.45) is 0 Å². The molecule has 0 bridgehead atoms. The predicted octanol–water partition coefficient (Wildman–Crippen LogP) is 0.240. The molecule has 1 atom stereocenters. The van der Waals surface area contributed by atoms with Crippen LogP contribution in [0.2, 0.25) is 0 Å². The fourth-order valence-corrected chi connectivity index (χ4v) is 1.45. The van der Waals surface area contributed by atoms with Crippen LogP contribution in [0.15, 0.2) is 12.3 Å². The van der Waals surface area contributed by atoms with Gasteiger partial charge in [-0.25, -0.2) is 9.48 Å². The van der Waals surface area contributed by atoms with E-state index in [0.29, 0.717) is 0 Å². The van der Waals surface area contributed by atoms with Gasteiger partial charge in [-0.15, -0.1) is 0 Å². The number of esters is 1. The Morgan fingerprint density at radius 3 is 3.46 bits per heavy atom. The third-order valence-electron chi connectivity index (χ3n) is 2.15. The first-order chi connectivity index (χ1) is 6.31. The summed E-state index contributed by atoms with van der Waals surface area (Å²) in [7, 11) is 1.40. The van der Waals surface area contributed by atoms with E-state index in [1.54, 1.807) is 6.20 Å². The van der Waals surface area contributed by atoms with Crippen LogP contribution in [0.4, 0.5) is 5.82 Å². The monoisotopic (exact) mass is 181 g/mol. The zero-order valence-corrected chi connectivity index (χ0v) is 7.36. The Morgan fingerprint density at radius 2 is 2.69 bits per heavy atom. The van der Waals surface area contributed by atoms with Gasteiger partial charge >= 0.3 is 5.97 Å². The lowest BCUT2D eigenvalue weighted by Gasteiger charge is -2.23. The average Bonchev–Trinajstić information content (AvgIpc) is 2.63. The van der Waals surface area contributed by atoms with Gasteiger partial charge in [0.2, 0.25) is 0 Å². The van der Waals surface area contributed by atoms with E-state index in [4.69, 9.17) is 0 Å². The van der Waals surface area contributed by atoms with Crippen LogP contribution >= 0.6 is 0 Å². The highest BCUT2D eigenvalue weighted by Crippen LogP contribution is 2.16. The molecular formula is C8H11N3O2. The Balaban J connectivity index is 2.13. The molecule has 1 unspecified atom stereocenters. The largest absolute Gasteiger partial charge is 0.467 e. The number of fused-ring (bicyclic) bond motifs is 1. The molecule has 1 aromatic rings. The first-order valence-corrected chi connectivity index (χ1v) is 4.17. The molecule has 0 amide bonds. The average molecular weight is 181 g/mol. The van der Waals surface area contributed by atoms with Gasteiger partial charge in [-0.2, -0.15) is 5.10 Å². The molecular weight excluding hydrogens is 170 g/mol. The van der Waals surface area contributed by atoms with Gasteiger partial charge in [0.15, 0.2) is 0 Å². The first-order valence-electron chi connectivity index (χ1n) is 4.17. The second-order valence-electron chi connectivity index (χ2n) is 2.95. The summed E-state index contributed by atoms with van der Waals surface area (Å²) in [6.45, 7) is 0.759. The van der Waals surface area contributed by atoms with Gasteiger partial charge in [0.05, 0.1) is 13.3 Å². The van der Waals surface area contributed by atoms with Crippen molar-refractivity contribution in [2.45, 2.75) is 19.0 Å². The van der Waals surface area contributed by atoms with E-state index in [1.807, 2.05) is 10.7 Å². The number of anilines is 1. The molecule has 1 aliphatic heterocycles. The number of ether oxygens (including phenoxy) is 1. The van der Waals surface area contributed by atoms with Crippen molar-refractivity contribution in [1.29, 1.82) is 0 Å². The molecule has 0 spiro atoms. The predicted molar refractivity (Wildman–Crippen MR) is 46.3 cm³/mol. The van der Waals surface area contributed by atoms with Crippen molar-refractivity contribution in [3.05, 3.63) is 12.3 Å². The van der Waals surface area contributed by atoms with Crippen LogP contribution in [-0.2, 0) is 16.1 Å². The third kappa shape index (κ3) is 1.37. The molecule has 0 aliphatic carbocycles. The molecule has 2 rings (SSSR count). The van der Waals surface area contributed by atoms with Crippen molar-refractivity contribution in [1.82, 2.24) is 9.78 Å². The molecule has 0 saturated heterocycles. The first kappa shape index (κ1) is 8.10. The number of aromatic nitrogens is 2. The minimum absolute atomic E-state index is 0.215. The number of methoxy groups -OCH3 is 1. The molecule has 0 aromatic carbocycles. The van der Waals surface area contributed by atoms with Gasteiger partial charge in [-0.05, 0) is 6.42 Å². The van der Waals surface area contributed by atoms with E-state index in [2.05, 4.69) is 15.2 Å². The SMILES string of the molecule is COC(=O)C1CCn2nccc2N1. The molecule has 1 aromatic heterocycles. The topological polar surface area (TPSA) is 56.2 Å². The van der Waals surface area contributed by atoms with E-state index >= 15 is 0 Å². The number of nitrogens with zero attached hydrogens (tertiary/aromatic N) is 2. The standard InChI is InChI=1S/C8H11N3O2/c1-13-8(12)6-3-5-11-7(10-6)2-4-9-11/h2,4,6,10H,3,5H2,1H3. The highest BCUT2D eigenvalue weighted by molar-refractivity contribution is 5.79. The minimum atomic E-state index is -0.228. The molecule has 5 nitrogen and oxygen atoms in total. The molecule has 70 valence electrons. The molecule has 1 aliphatic rings. The van der Waals surface area contributed by atoms with E-state index in [-0.39, 0.29) is 12.0 Å². The lowest BCUT2D eigenvalue weighted by molar-refractivity contribution is -0.141. The summed E-state index contributed by atoms with van der Waals surface area (Å²) >= 11 is 0. The van der Waals surface area contributed by atoms with Crippen LogP contribution in [0, 0.1) is 0 Å². The Kier molecular flexibility index (Phi) is 1.92. The van der Waals surface area contributed by atoms with Crippen LogP contribution in [0.5, 0.6) is 0 Å². The van der Waals surface area contributed by atoms with Crippen LogP contribution in [0.25, 0.3) is 0 Å². The van der Waals surface area contributed by atoms with Gasteiger partial charge in [0.25, 0.3) is 0 Å². The second-order valence-corrected chi connectivity index (χ2v) is 2.95. The van der Waals surface area contributed by atoms with E-state index in [1.165, 1.54) is 7.11 Å². The Bertz CT molecular complexity index is 321. The minimum Gasteiger partial charge on any atom is -0.467 e. The Morgan fingerprint density at radius 1 is 1.85 bits per heavy atom. The van der Waals surface area contributed by atoms with Crippen molar-refractivity contribution in [3.8, 4) is 0 Å². The molecule has 0 radical (unpaired) electrons. The summed E-state index contributed by atoms with van der Waals surface area (Å²) in [5.74, 6) is 0.661. The lowest BCUT2D eigenvalue weighted by Crippen LogP contribution is -2.36. The van der Waals surface area contributed by atoms with Crippen LogP contribution in [0.1, 0.15) is 6.42 Å². The highest BCUT2D eigenvalue weighted by Gasteiger charge is 2.24. The van der Waals surface area contributed by atoms with Crippen molar-refractivity contribution >= 4 is 11.8 Å². The smallest absolute Gasteiger partial charge is 0.328 e. The molecule has 1 N–H and O–H groups in total. The van der Waals surface area contributed by atoms with Gasteiger partial charge in [-0.1, -0.05) is 0 Å². The third-order valence-corrected chi connectivity index (χ3v) is 2.15. The van der Waals surface area contributed by atoms with Crippen LogP contribution in [-0.4, -0.2) is 28.9 Å². The van der Waals surface area contributed by atoms with Crippen LogP contribution < -0.4 is 5.32 Å². The summed E-state index contributed by atoms with van der Waals surface area (Å²) in [6, 6.07) is 1.61. The summed E-state index contributed by atoms with van der Waals surface area (Å²) in [5, 5.41) is 7.13. The van der Waals surface area contributed by atoms with Gasteiger partial charge in [-0.3, -0.25) is 0 Å². The fourth-order valence-electron chi connectivity index (χ4n) is 1.45. The summed E-state index contributed by atoms with van der Waals surface area (Å²) in [4.78, 5) is 11.2. The zero-order valence-electron chi connectivity index (χ0n) is 7.36. The van der Waals surface area contributed by atoms with E-state index in [0.717, 1.165) is 18.8 Å². The van der Waals surface area contributed by atoms with Crippen LogP contribution in [0.3, 0.4) is 0 Å². The molecule has 0 fully saturated rings. The van der Waals surface area contributed by atoms with E-state index in [9.17, 15) is 4.79 Å². The maximum Gasteiger partial charge on any atom is 0.328 e. The van der Waals surface area contributed by atoms with Crippen molar-refractivity contribution in [3.63, 3.8) is 0 Å².